The Morgan fingerprint density at radius 2 is 1.58 bits per heavy atom. The second-order valence-corrected chi connectivity index (χ2v) is 12.1. The molecule has 0 radical (unpaired) electrons. The van der Waals surface area contributed by atoms with Gasteiger partial charge >= 0.3 is 11.9 Å². The number of nitrogens with zero attached hydrogens (tertiary/aromatic N) is 2. The summed E-state index contributed by atoms with van der Waals surface area (Å²) in [6.07, 6.45) is 2.75. The molecule has 2 aliphatic heterocycles. The number of carbonyl (C=O) groups is 2. The van der Waals surface area contributed by atoms with Crippen LogP contribution in [-0.2, 0) is 4.79 Å². The Bertz CT molecular complexity index is 2030. The SMILES string of the molecule is CC1=CC(C)(C)[N+](CCCC(=O)O)=c2cc3c(cc21)=C(c1ccccc1C(=O)O)c1ccc(N(C)c2ccc(O)cc2)cc1O3. The van der Waals surface area contributed by atoms with E-state index in [2.05, 4.69) is 37.5 Å². The van der Waals surface area contributed by atoms with Crippen LogP contribution in [0.1, 0.15) is 60.7 Å². The average Bonchev–Trinajstić information content (AvgIpc) is 3.00. The largest absolute Gasteiger partial charge is 0.508 e. The molecule has 0 aliphatic carbocycles. The molecule has 2 aliphatic rings. The Kier molecular flexibility index (Phi) is 7.44. The van der Waals surface area contributed by atoms with E-state index in [0.717, 1.165) is 44.2 Å². The molecule has 8 nitrogen and oxygen atoms in total. The van der Waals surface area contributed by atoms with E-state index in [1.807, 2.05) is 60.5 Å². The lowest BCUT2D eigenvalue weighted by Gasteiger charge is -2.28. The minimum Gasteiger partial charge on any atom is -0.508 e. The van der Waals surface area contributed by atoms with Crippen molar-refractivity contribution in [1.82, 2.24) is 4.58 Å². The van der Waals surface area contributed by atoms with Crippen molar-refractivity contribution in [1.29, 1.82) is 0 Å². The zero-order chi connectivity index (χ0) is 32.0. The minimum atomic E-state index is -1.02. The van der Waals surface area contributed by atoms with Crippen LogP contribution in [0.15, 0.2) is 84.9 Å². The van der Waals surface area contributed by atoms with E-state index in [1.54, 1.807) is 24.3 Å². The number of rotatable bonds is 8. The monoisotopic (exact) mass is 603 g/mol. The lowest BCUT2D eigenvalue weighted by molar-refractivity contribution is -0.137. The van der Waals surface area contributed by atoms with Crippen LogP contribution in [0.3, 0.4) is 0 Å². The molecule has 4 aromatic carbocycles. The summed E-state index contributed by atoms with van der Waals surface area (Å²) < 4.78 is 8.88. The number of ether oxygens (including phenoxy) is 1. The van der Waals surface area contributed by atoms with Crippen molar-refractivity contribution in [2.45, 2.75) is 39.2 Å². The number of carboxylic acid groups (broad SMARTS) is 2. The standard InChI is InChI=1S/C37H34N2O6/c1-22-21-37(2,3)39(17-7-10-34(41)42)31-20-33-30(19-29(22)31)35(26-8-5-6-9-27(26)36(43)44)28-16-13-24(18-32(28)45-33)38(4)23-11-14-25(40)15-12-23/h5-6,8-9,11-16,18-21H,7,10,17H2,1-4H3,(H2-,40,41,42,43,44)/p+1. The molecule has 0 saturated carbocycles. The number of hydrogen-bond donors (Lipinski definition) is 3. The molecule has 4 aromatic rings. The second-order valence-electron chi connectivity index (χ2n) is 12.1. The number of aliphatic carboxylic acids is 1. The van der Waals surface area contributed by atoms with Crippen molar-refractivity contribution in [3.05, 3.63) is 118 Å². The number of anilines is 2. The Balaban J connectivity index is 1.62. The summed E-state index contributed by atoms with van der Waals surface area (Å²) in [5, 5.41) is 31.0. The smallest absolute Gasteiger partial charge is 0.336 e. The van der Waals surface area contributed by atoms with Gasteiger partial charge in [0.25, 0.3) is 0 Å². The molecule has 45 heavy (non-hydrogen) atoms. The quantitative estimate of drug-likeness (QED) is 0.193. The Morgan fingerprint density at radius 1 is 0.867 bits per heavy atom. The number of aromatic hydroxyl groups is 1. The first-order valence-corrected chi connectivity index (χ1v) is 14.9. The zero-order valence-electron chi connectivity index (χ0n) is 25.7. The first-order valence-electron chi connectivity index (χ1n) is 14.9. The molecular formula is C37H35N2O6+. The van der Waals surface area contributed by atoms with Crippen LogP contribution >= 0.6 is 0 Å². The Hall–Kier alpha value is -5.37. The third kappa shape index (κ3) is 5.44. The summed E-state index contributed by atoms with van der Waals surface area (Å²) in [6.45, 7) is 6.84. The normalized spacial score (nSPS) is 14.4. The molecule has 0 spiro atoms. The van der Waals surface area contributed by atoms with Crippen molar-refractivity contribution in [2.24, 2.45) is 0 Å². The fourth-order valence-corrected chi connectivity index (χ4v) is 6.46. The first-order chi connectivity index (χ1) is 21.4. The van der Waals surface area contributed by atoms with Crippen molar-refractivity contribution >= 4 is 34.5 Å². The highest BCUT2D eigenvalue weighted by Gasteiger charge is 2.35. The number of benzene rings is 4. The van der Waals surface area contributed by atoms with Gasteiger partial charge in [0.15, 0.2) is 5.54 Å². The molecule has 0 aromatic heterocycles. The minimum absolute atomic E-state index is 0.0701. The predicted octanol–water partition coefficient (Wildman–Crippen LogP) is 5.76. The number of phenols is 1. The van der Waals surface area contributed by atoms with E-state index in [1.165, 1.54) is 0 Å². The number of aromatic carboxylic acids is 1. The predicted molar refractivity (Wildman–Crippen MR) is 174 cm³/mol. The molecule has 3 N–H and O–H groups in total. The summed E-state index contributed by atoms with van der Waals surface area (Å²) >= 11 is 0. The number of allylic oxidation sites excluding steroid dienone is 1. The third-order valence-corrected chi connectivity index (χ3v) is 8.63. The van der Waals surface area contributed by atoms with E-state index in [0.29, 0.717) is 30.0 Å². The van der Waals surface area contributed by atoms with Crippen molar-refractivity contribution in [2.75, 3.05) is 18.5 Å². The van der Waals surface area contributed by atoms with E-state index in [9.17, 15) is 24.9 Å². The molecule has 6 rings (SSSR count). The highest BCUT2D eigenvalue weighted by molar-refractivity contribution is 5.98. The van der Waals surface area contributed by atoms with Gasteiger partial charge in [0, 0.05) is 66.7 Å². The van der Waals surface area contributed by atoms with Gasteiger partial charge in [-0.3, -0.25) is 4.79 Å². The molecule has 0 saturated heterocycles. The average molecular weight is 604 g/mol. The molecule has 2 heterocycles. The van der Waals surface area contributed by atoms with Gasteiger partial charge < -0.3 is 25.0 Å². The maximum absolute atomic E-state index is 12.4. The van der Waals surface area contributed by atoms with Gasteiger partial charge in [-0.25, -0.2) is 9.37 Å². The lowest BCUT2D eigenvalue weighted by Crippen LogP contribution is -2.50. The molecule has 0 unspecified atom stereocenters. The van der Waals surface area contributed by atoms with Crippen LogP contribution < -0.4 is 24.8 Å². The topological polar surface area (TPSA) is 110 Å². The maximum Gasteiger partial charge on any atom is 0.336 e. The van der Waals surface area contributed by atoms with E-state index < -0.39 is 11.9 Å². The second kappa shape index (κ2) is 11.3. The Labute approximate surface area is 261 Å². The summed E-state index contributed by atoms with van der Waals surface area (Å²) in [5.74, 6) is -0.485. The summed E-state index contributed by atoms with van der Waals surface area (Å²) in [5.41, 5.74) is 5.75. The van der Waals surface area contributed by atoms with Gasteiger partial charge in [-0.15, -0.1) is 0 Å². The van der Waals surface area contributed by atoms with Gasteiger partial charge in [-0.1, -0.05) is 18.2 Å². The molecule has 0 atom stereocenters. The number of fused-ring (bicyclic) bond motifs is 3. The van der Waals surface area contributed by atoms with Crippen molar-refractivity contribution < 1.29 is 29.6 Å². The highest BCUT2D eigenvalue weighted by atomic mass is 16.5. The van der Waals surface area contributed by atoms with Gasteiger partial charge in [0.2, 0.25) is 5.36 Å². The van der Waals surface area contributed by atoms with E-state index in [4.69, 9.17) is 4.74 Å². The van der Waals surface area contributed by atoms with Gasteiger partial charge in [0.05, 0.1) is 18.1 Å². The Morgan fingerprint density at radius 3 is 2.29 bits per heavy atom. The van der Waals surface area contributed by atoms with Crippen molar-refractivity contribution in [3.8, 4) is 17.2 Å². The fourth-order valence-electron chi connectivity index (χ4n) is 6.46. The molecule has 0 amide bonds. The van der Waals surface area contributed by atoms with E-state index >= 15 is 0 Å². The van der Waals surface area contributed by atoms with Crippen LogP contribution in [0, 0.1) is 0 Å². The number of hydrogen-bond acceptors (Lipinski definition) is 5. The van der Waals surface area contributed by atoms with Crippen LogP contribution in [0.5, 0.6) is 17.2 Å². The number of carboxylic acids is 2. The third-order valence-electron chi connectivity index (χ3n) is 8.63. The molecule has 0 bridgehead atoms. The lowest BCUT2D eigenvalue weighted by atomic mass is 9.87. The highest BCUT2D eigenvalue weighted by Crippen LogP contribution is 2.40. The summed E-state index contributed by atoms with van der Waals surface area (Å²) in [6, 6.07) is 23.9. The zero-order valence-corrected chi connectivity index (χ0v) is 25.7. The molecule has 228 valence electrons. The van der Waals surface area contributed by atoms with E-state index in [-0.39, 0.29) is 23.3 Å². The van der Waals surface area contributed by atoms with Crippen LogP contribution in [-0.4, -0.2) is 46.4 Å². The van der Waals surface area contributed by atoms with Crippen LogP contribution in [0.4, 0.5) is 11.4 Å². The van der Waals surface area contributed by atoms with Gasteiger partial charge in [-0.2, -0.15) is 0 Å². The van der Waals surface area contributed by atoms with Gasteiger partial charge in [0.1, 0.15) is 23.8 Å². The molecule has 8 heteroatoms. The maximum atomic E-state index is 12.4. The van der Waals surface area contributed by atoms with Crippen molar-refractivity contribution in [3.63, 3.8) is 0 Å². The number of phenolic OH excluding ortho intramolecular Hbond substituents is 1. The van der Waals surface area contributed by atoms with Crippen LogP contribution in [0.2, 0.25) is 0 Å². The summed E-state index contributed by atoms with van der Waals surface area (Å²) in [7, 11) is 1.93. The van der Waals surface area contributed by atoms with Gasteiger partial charge in [-0.05, 0) is 72.7 Å². The molecule has 0 fully saturated rings. The summed E-state index contributed by atoms with van der Waals surface area (Å²) in [4.78, 5) is 25.7. The first kappa shape index (κ1) is 29.7. The van der Waals surface area contributed by atoms with Crippen LogP contribution in [0.25, 0.3) is 11.1 Å². The molecular weight excluding hydrogens is 568 g/mol. The fraction of sp³-hybridized carbons (Fsp3) is 0.216.